The molecule has 0 aliphatic carbocycles. The second-order valence-corrected chi connectivity index (χ2v) is 11.0. The van der Waals surface area contributed by atoms with E-state index in [1.165, 1.54) is 28.1 Å². The van der Waals surface area contributed by atoms with Crippen LogP contribution < -0.4 is 10.1 Å². The van der Waals surface area contributed by atoms with Crippen LogP contribution >= 0.6 is 0 Å². The molecule has 0 atom stereocenters. The zero-order valence-electron chi connectivity index (χ0n) is 21.2. The third kappa shape index (κ3) is 6.10. The number of nitrogens with zero attached hydrogens (tertiary/aromatic N) is 3. The van der Waals surface area contributed by atoms with Gasteiger partial charge in [0, 0.05) is 31.9 Å². The number of carbonyl (C=O) groups is 1. The number of hydrogen-bond donors (Lipinski definition) is 1. The molecule has 1 heterocycles. The predicted octanol–water partition coefficient (Wildman–Crippen LogP) is 5.07. The van der Waals surface area contributed by atoms with Crippen molar-refractivity contribution >= 4 is 21.7 Å². The molecule has 3 aromatic rings. The Morgan fingerprint density at radius 2 is 1.62 bits per heavy atom. The fraction of sp³-hybridized carbons (Fsp3) is 0.286. The van der Waals surface area contributed by atoms with Crippen molar-refractivity contribution in [1.29, 1.82) is 5.26 Å². The van der Waals surface area contributed by atoms with E-state index >= 15 is 0 Å². The smallest absolute Gasteiger partial charge is 0.321 e. The summed E-state index contributed by atoms with van der Waals surface area (Å²) in [6, 6.07) is 19.4. The first-order valence-corrected chi connectivity index (χ1v) is 13.6. The monoisotopic (exact) mass is 518 g/mol. The standard InChI is InChI=1S/C28H30N4O4S/c1-4-22-5-8-24(9-6-22)30-28(33)31-11-13-32(14-12-31)37(34,35)27-18-23(19-29)7-10-26(27)36-25-16-20(2)15-21(3)17-25/h5-10,15-18H,4,11-14H2,1-3H3,(H,30,33). The van der Waals surface area contributed by atoms with Gasteiger partial charge < -0.3 is 15.0 Å². The van der Waals surface area contributed by atoms with Gasteiger partial charge in [0.25, 0.3) is 0 Å². The summed E-state index contributed by atoms with van der Waals surface area (Å²) in [5, 5.41) is 12.3. The first kappa shape index (κ1) is 26.2. The lowest BCUT2D eigenvalue weighted by molar-refractivity contribution is 0.184. The molecule has 4 rings (SSSR count). The minimum atomic E-state index is -3.98. The van der Waals surface area contributed by atoms with Gasteiger partial charge in [-0.25, -0.2) is 13.2 Å². The molecule has 0 saturated carbocycles. The van der Waals surface area contributed by atoms with Gasteiger partial charge in [0.05, 0.1) is 11.6 Å². The van der Waals surface area contributed by atoms with Gasteiger partial charge in [0.2, 0.25) is 10.0 Å². The van der Waals surface area contributed by atoms with Crippen molar-refractivity contribution in [3.63, 3.8) is 0 Å². The number of piperazine rings is 1. The summed E-state index contributed by atoms with van der Waals surface area (Å²) < 4.78 is 34.6. The van der Waals surface area contributed by atoms with Crippen LogP contribution in [0.2, 0.25) is 0 Å². The van der Waals surface area contributed by atoms with Crippen LogP contribution in [0.25, 0.3) is 0 Å². The molecule has 1 N–H and O–H groups in total. The number of rotatable bonds is 6. The van der Waals surface area contributed by atoms with Crippen molar-refractivity contribution in [2.45, 2.75) is 32.1 Å². The maximum absolute atomic E-state index is 13.6. The Labute approximate surface area is 218 Å². The third-order valence-electron chi connectivity index (χ3n) is 6.25. The topological polar surface area (TPSA) is 103 Å². The lowest BCUT2D eigenvalue weighted by Gasteiger charge is -2.34. The van der Waals surface area contributed by atoms with Crippen LogP contribution in [0.3, 0.4) is 0 Å². The highest BCUT2D eigenvalue weighted by Crippen LogP contribution is 2.33. The lowest BCUT2D eigenvalue weighted by Crippen LogP contribution is -2.51. The highest BCUT2D eigenvalue weighted by atomic mass is 32.2. The summed E-state index contributed by atoms with van der Waals surface area (Å²) in [5.41, 5.74) is 4.07. The SMILES string of the molecule is CCc1ccc(NC(=O)N2CCN(S(=O)(=O)c3cc(C#N)ccc3Oc3cc(C)cc(C)c3)CC2)cc1. The molecule has 1 aliphatic rings. The van der Waals surface area contributed by atoms with E-state index in [1.54, 1.807) is 4.90 Å². The number of carbonyl (C=O) groups excluding carboxylic acids is 1. The van der Waals surface area contributed by atoms with Crippen LogP contribution in [0, 0.1) is 25.2 Å². The number of benzene rings is 3. The first-order valence-electron chi connectivity index (χ1n) is 12.1. The Kier molecular flexibility index (Phi) is 7.81. The summed E-state index contributed by atoms with van der Waals surface area (Å²) in [6.45, 7) is 6.68. The zero-order chi connectivity index (χ0) is 26.6. The summed E-state index contributed by atoms with van der Waals surface area (Å²) in [6.07, 6.45) is 0.916. The summed E-state index contributed by atoms with van der Waals surface area (Å²) >= 11 is 0. The average Bonchev–Trinajstić information content (AvgIpc) is 2.88. The molecule has 0 spiro atoms. The number of urea groups is 1. The Morgan fingerprint density at radius 3 is 2.22 bits per heavy atom. The normalized spacial score (nSPS) is 14.2. The van der Waals surface area contributed by atoms with Crippen molar-refractivity contribution in [3.8, 4) is 17.6 Å². The molecule has 9 heteroatoms. The molecule has 1 aliphatic heterocycles. The minimum Gasteiger partial charge on any atom is -0.456 e. The minimum absolute atomic E-state index is 0.0698. The van der Waals surface area contributed by atoms with Crippen LogP contribution in [0.1, 0.15) is 29.2 Å². The molecule has 0 aromatic heterocycles. The van der Waals surface area contributed by atoms with Gasteiger partial charge in [-0.15, -0.1) is 0 Å². The molecule has 8 nitrogen and oxygen atoms in total. The molecule has 2 amide bonds. The van der Waals surface area contributed by atoms with Crippen molar-refractivity contribution in [2.24, 2.45) is 0 Å². The van der Waals surface area contributed by atoms with Gasteiger partial charge in [-0.3, -0.25) is 0 Å². The van der Waals surface area contributed by atoms with Crippen LogP contribution in [-0.2, 0) is 16.4 Å². The predicted molar refractivity (Wildman–Crippen MR) is 142 cm³/mol. The molecule has 37 heavy (non-hydrogen) atoms. The van der Waals surface area contributed by atoms with E-state index in [0.717, 1.165) is 17.5 Å². The van der Waals surface area contributed by atoms with Crippen molar-refractivity contribution in [3.05, 3.63) is 82.9 Å². The number of nitriles is 1. The summed E-state index contributed by atoms with van der Waals surface area (Å²) in [5.74, 6) is 0.673. The highest BCUT2D eigenvalue weighted by molar-refractivity contribution is 7.89. The second kappa shape index (κ2) is 11.0. The van der Waals surface area contributed by atoms with Crippen molar-refractivity contribution < 1.29 is 17.9 Å². The maximum Gasteiger partial charge on any atom is 0.321 e. The number of hydrogen-bond acceptors (Lipinski definition) is 5. The molecular formula is C28H30N4O4S. The Hall–Kier alpha value is -3.87. The van der Waals surface area contributed by atoms with E-state index in [-0.39, 0.29) is 48.4 Å². The highest BCUT2D eigenvalue weighted by Gasteiger charge is 2.32. The Balaban J connectivity index is 1.49. The van der Waals surface area contributed by atoms with Crippen LogP contribution in [0.5, 0.6) is 11.5 Å². The van der Waals surface area contributed by atoms with Crippen molar-refractivity contribution in [2.75, 3.05) is 31.5 Å². The lowest BCUT2D eigenvalue weighted by atomic mass is 10.1. The van der Waals surface area contributed by atoms with Gasteiger partial charge in [0.1, 0.15) is 16.4 Å². The molecule has 1 saturated heterocycles. The van der Waals surface area contributed by atoms with Gasteiger partial charge in [0.15, 0.2) is 0 Å². The van der Waals surface area contributed by atoms with E-state index in [0.29, 0.717) is 11.4 Å². The largest absolute Gasteiger partial charge is 0.456 e. The van der Waals surface area contributed by atoms with Gasteiger partial charge >= 0.3 is 6.03 Å². The second-order valence-electron chi connectivity index (χ2n) is 9.07. The number of amides is 2. The molecule has 0 unspecified atom stereocenters. The Bertz CT molecular complexity index is 1420. The van der Waals surface area contributed by atoms with Gasteiger partial charge in [-0.2, -0.15) is 9.57 Å². The Morgan fingerprint density at radius 1 is 0.973 bits per heavy atom. The molecular weight excluding hydrogens is 488 g/mol. The van der Waals surface area contributed by atoms with E-state index in [4.69, 9.17) is 4.74 Å². The van der Waals surface area contributed by atoms with E-state index in [2.05, 4.69) is 12.2 Å². The third-order valence-corrected chi connectivity index (χ3v) is 8.17. The van der Waals surface area contributed by atoms with Crippen molar-refractivity contribution in [1.82, 2.24) is 9.21 Å². The molecule has 3 aromatic carbocycles. The summed E-state index contributed by atoms with van der Waals surface area (Å²) in [4.78, 5) is 14.3. The number of aryl methyl sites for hydroxylation is 3. The first-order chi connectivity index (χ1) is 17.7. The van der Waals surface area contributed by atoms with E-state index in [9.17, 15) is 18.5 Å². The molecule has 0 bridgehead atoms. The van der Waals surface area contributed by atoms with Crippen LogP contribution in [0.4, 0.5) is 10.5 Å². The zero-order valence-corrected chi connectivity index (χ0v) is 22.0. The number of ether oxygens (including phenoxy) is 1. The molecule has 1 fully saturated rings. The summed E-state index contributed by atoms with van der Waals surface area (Å²) in [7, 11) is -3.98. The van der Waals surface area contributed by atoms with E-state index < -0.39 is 10.0 Å². The fourth-order valence-corrected chi connectivity index (χ4v) is 5.84. The quantitative estimate of drug-likeness (QED) is 0.491. The number of sulfonamides is 1. The fourth-order valence-electron chi connectivity index (χ4n) is 4.28. The average molecular weight is 519 g/mol. The molecule has 192 valence electrons. The van der Waals surface area contributed by atoms with E-state index in [1.807, 2.05) is 62.4 Å². The van der Waals surface area contributed by atoms with Crippen LogP contribution in [-0.4, -0.2) is 49.8 Å². The number of anilines is 1. The number of nitrogens with one attached hydrogen (secondary N) is 1. The van der Waals surface area contributed by atoms with Gasteiger partial charge in [-0.1, -0.05) is 25.1 Å². The van der Waals surface area contributed by atoms with Crippen LogP contribution in [0.15, 0.2) is 65.6 Å². The maximum atomic E-state index is 13.6. The van der Waals surface area contributed by atoms with Gasteiger partial charge in [-0.05, 0) is 79.4 Å². The molecule has 0 radical (unpaired) electrons.